The lowest BCUT2D eigenvalue weighted by atomic mass is 9.85. The summed E-state index contributed by atoms with van der Waals surface area (Å²) >= 11 is 6.39. The smallest absolute Gasteiger partial charge is 0.257 e. The van der Waals surface area contributed by atoms with Gasteiger partial charge in [-0.1, -0.05) is 93.0 Å². The third-order valence-electron chi connectivity index (χ3n) is 7.78. The van der Waals surface area contributed by atoms with Gasteiger partial charge in [0.15, 0.2) is 0 Å². The summed E-state index contributed by atoms with van der Waals surface area (Å²) in [6.07, 6.45) is 1.76. The van der Waals surface area contributed by atoms with E-state index in [2.05, 4.69) is 20.8 Å². The number of hydrogen-bond donors (Lipinski definition) is 0. The standard InChI is InChI=1S/C33H37ClN4O3S/c1-23-19-27(33(3,4)5)20-24(2)31(23)42(40,41)38-17-15-36(16-18-38)32(39)28-22-37(21-26-13-9-10-14-29(26)34)35-30(28)25-11-7-6-8-12-25/h6-14,19-20,22H,15-18,21H2,1-5H3. The van der Waals surface area contributed by atoms with Gasteiger partial charge in [-0.3, -0.25) is 9.48 Å². The molecule has 2 heterocycles. The first kappa shape index (κ1) is 30.0. The Kier molecular flexibility index (Phi) is 8.34. The van der Waals surface area contributed by atoms with Crippen LogP contribution in [0.25, 0.3) is 11.3 Å². The van der Waals surface area contributed by atoms with E-state index in [9.17, 15) is 13.2 Å². The first-order chi connectivity index (χ1) is 19.9. The third kappa shape index (κ3) is 6.02. The number of sulfonamides is 1. The Hall–Kier alpha value is -3.46. The van der Waals surface area contributed by atoms with Gasteiger partial charge in [0.25, 0.3) is 5.91 Å². The SMILES string of the molecule is Cc1cc(C(C)(C)C)cc(C)c1S(=O)(=O)N1CCN(C(=O)c2cn(Cc3ccccc3Cl)nc2-c2ccccc2)CC1. The highest BCUT2D eigenvalue weighted by molar-refractivity contribution is 7.89. The molecule has 1 aliphatic heterocycles. The molecule has 9 heteroatoms. The van der Waals surface area contributed by atoms with Gasteiger partial charge in [-0.05, 0) is 47.6 Å². The second-order valence-electron chi connectivity index (χ2n) is 11.9. The summed E-state index contributed by atoms with van der Waals surface area (Å²) in [5.41, 5.74) is 5.33. The molecule has 0 atom stereocenters. The van der Waals surface area contributed by atoms with Crippen LogP contribution >= 0.6 is 11.6 Å². The maximum Gasteiger partial charge on any atom is 0.257 e. The minimum Gasteiger partial charge on any atom is -0.336 e. The summed E-state index contributed by atoms with van der Waals surface area (Å²) in [6, 6.07) is 21.1. The van der Waals surface area contributed by atoms with Gasteiger partial charge in [0, 0.05) is 43.0 Å². The third-order valence-corrected chi connectivity index (χ3v) is 10.4. The van der Waals surface area contributed by atoms with Crippen LogP contribution in [0, 0.1) is 13.8 Å². The molecule has 0 radical (unpaired) electrons. The number of rotatable bonds is 6. The van der Waals surface area contributed by atoms with Crippen LogP contribution in [-0.4, -0.2) is 59.5 Å². The summed E-state index contributed by atoms with van der Waals surface area (Å²) in [5.74, 6) is -0.168. The number of aromatic nitrogens is 2. The van der Waals surface area contributed by atoms with Crippen LogP contribution in [0.15, 0.2) is 77.8 Å². The first-order valence-corrected chi connectivity index (χ1v) is 16.0. The van der Waals surface area contributed by atoms with Gasteiger partial charge in [0.1, 0.15) is 5.69 Å². The average Bonchev–Trinajstić information content (AvgIpc) is 3.37. The number of amides is 1. The van der Waals surface area contributed by atoms with Crippen LogP contribution in [0.4, 0.5) is 0 Å². The lowest BCUT2D eigenvalue weighted by molar-refractivity contribution is 0.0698. The van der Waals surface area contributed by atoms with Crippen molar-refractivity contribution in [2.45, 2.75) is 51.5 Å². The summed E-state index contributed by atoms with van der Waals surface area (Å²) < 4.78 is 30.8. The number of carbonyl (C=O) groups is 1. The number of hydrogen-bond acceptors (Lipinski definition) is 4. The van der Waals surface area contributed by atoms with Crippen molar-refractivity contribution in [3.05, 3.63) is 106 Å². The van der Waals surface area contributed by atoms with E-state index >= 15 is 0 Å². The quantitative estimate of drug-likeness (QED) is 0.258. The lowest BCUT2D eigenvalue weighted by Gasteiger charge is -2.34. The second-order valence-corrected chi connectivity index (χ2v) is 14.2. The Morgan fingerprint density at radius 3 is 2.10 bits per heavy atom. The molecule has 1 saturated heterocycles. The predicted octanol–water partition coefficient (Wildman–Crippen LogP) is 6.31. The van der Waals surface area contributed by atoms with Crippen molar-refractivity contribution in [2.75, 3.05) is 26.2 Å². The van der Waals surface area contributed by atoms with E-state index < -0.39 is 10.0 Å². The van der Waals surface area contributed by atoms with Crippen LogP contribution in [0.1, 0.15) is 53.4 Å². The maximum atomic E-state index is 13.9. The van der Waals surface area contributed by atoms with Crippen molar-refractivity contribution < 1.29 is 13.2 Å². The fourth-order valence-electron chi connectivity index (χ4n) is 5.49. The predicted molar refractivity (Wildman–Crippen MR) is 167 cm³/mol. The second kappa shape index (κ2) is 11.7. The Labute approximate surface area is 253 Å². The minimum atomic E-state index is -3.72. The van der Waals surface area contributed by atoms with Crippen LogP contribution < -0.4 is 0 Å². The summed E-state index contributed by atoms with van der Waals surface area (Å²) in [5, 5.41) is 5.41. The highest BCUT2D eigenvalue weighted by Gasteiger charge is 2.34. The zero-order valence-electron chi connectivity index (χ0n) is 24.8. The van der Waals surface area contributed by atoms with Crippen molar-refractivity contribution in [3.8, 4) is 11.3 Å². The van der Waals surface area contributed by atoms with Crippen molar-refractivity contribution in [1.82, 2.24) is 19.0 Å². The van der Waals surface area contributed by atoms with Gasteiger partial charge in [-0.25, -0.2) is 8.42 Å². The molecule has 1 aliphatic rings. The van der Waals surface area contributed by atoms with Gasteiger partial charge < -0.3 is 4.90 Å². The topological polar surface area (TPSA) is 75.5 Å². The molecule has 220 valence electrons. The maximum absolute atomic E-state index is 13.9. The number of piperazine rings is 1. The molecule has 5 rings (SSSR count). The van der Waals surface area contributed by atoms with E-state index in [-0.39, 0.29) is 24.4 Å². The van der Waals surface area contributed by atoms with Gasteiger partial charge in [-0.15, -0.1) is 0 Å². The van der Waals surface area contributed by atoms with Gasteiger partial charge in [0.05, 0.1) is 17.0 Å². The van der Waals surface area contributed by atoms with Crippen LogP contribution in [0.5, 0.6) is 0 Å². The average molecular weight is 605 g/mol. The molecular weight excluding hydrogens is 568 g/mol. The summed E-state index contributed by atoms with van der Waals surface area (Å²) in [6.45, 7) is 11.5. The monoisotopic (exact) mass is 604 g/mol. The van der Waals surface area contributed by atoms with E-state index in [0.717, 1.165) is 27.8 Å². The normalized spacial score (nSPS) is 14.8. The molecule has 0 aliphatic carbocycles. The van der Waals surface area contributed by atoms with E-state index in [1.807, 2.05) is 80.6 Å². The Morgan fingerprint density at radius 2 is 1.50 bits per heavy atom. The lowest BCUT2D eigenvalue weighted by Crippen LogP contribution is -2.50. The molecule has 1 fully saturated rings. The van der Waals surface area contributed by atoms with Crippen LogP contribution in [-0.2, 0) is 22.0 Å². The number of nitrogens with zero attached hydrogens (tertiary/aromatic N) is 4. The van der Waals surface area contributed by atoms with E-state index in [1.165, 1.54) is 4.31 Å². The summed E-state index contributed by atoms with van der Waals surface area (Å²) in [4.78, 5) is 16.0. The van der Waals surface area contributed by atoms with Crippen LogP contribution in [0.2, 0.25) is 5.02 Å². The highest BCUT2D eigenvalue weighted by Crippen LogP contribution is 2.32. The van der Waals surface area contributed by atoms with Crippen molar-refractivity contribution in [2.24, 2.45) is 0 Å². The summed E-state index contributed by atoms with van der Waals surface area (Å²) in [7, 11) is -3.72. The molecule has 1 aromatic heterocycles. The highest BCUT2D eigenvalue weighted by atomic mass is 35.5. The van der Waals surface area contributed by atoms with E-state index in [0.29, 0.717) is 40.8 Å². The number of halogens is 1. The molecule has 4 aromatic rings. The van der Waals surface area contributed by atoms with E-state index in [4.69, 9.17) is 16.7 Å². The van der Waals surface area contributed by atoms with Gasteiger partial charge in [0.2, 0.25) is 10.0 Å². The zero-order chi connectivity index (χ0) is 30.2. The van der Waals surface area contributed by atoms with Crippen molar-refractivity contribution in [3.63, 3.8) is 0 Å². The fourth-order valence-corrected chi connectivity index (χ4v) is 7.52. The molecule has 3 aromatic carbocycles. The van der Waals surface area contributed by atoms with Gasteiger partial charge >= 0.3 is 0 Å². The largest absolute Gasteiger partial charge is 0.336 e. The Bertz CT molecular complexity index is 1690. The molecule has 0 saturated carbocycles. The number of carbonyl (C=O) groups excluding carboxylic acids is 1. The Balaban J connectivity index is 1.38. The molecular formula is C33H37ClN4O3S. The first-order valence-electron chi connectivity index (χ1n) is 14.1. The molecule has 0 unspecified atom stereocenters. The van der Waals surface area contributed by atoms with Crippen molar-refractivity contribution in [1.29, 1.82) is 0 Å². The molecule has 0 spiro atoms. The Morgan fingerprint density at radius 1 is 0.905 bits per heavy atom. The molecule has 0 bridgehead atoms. The number of aryl methyl sites for hydroxylation is 2. The molecule has 7 nitrogen and oxygen atoms in total. The molecule has 0 N–H and O–H groups in total. The molecule has 1 amide bonds. The minimum absolute atomic E-state index is 0.0798. The molecule has 42 heavy (non-hydrogen) atoms. The van der Waals surface area contributed by atoms with Gasteiger partial charge in [-0.2, -0.15) is 9.40 Å². The van der Waals surface area contributed by atoms with E-state index in [1.54, 1.807) is 15.8 Å². The number of benzene rings is 3. The van der Waals surface area contributed by atoms with Crippen molar-refractivity contribution >= 4 is 27.5 Å². The van der Waals surface area contributed by atoms with Crippen LogP contribution in [0.3, 0.4) is 0 Å². The fraction of sp³-hybridized carbons (Fsp3) is 0.333. The zero-order valence-corrected chi connectivity index (χ0v) is 26.3.